The molecule has 0 aliphatic heterocycles. The van der Waals surface area contributed by atoms with E-state index in [-0.39, 0.29) is 18.6 Å². The molecule has 12 heavy (non-hydrogen) atoms. The van der Waals surface area contributed by atoms with Gasteiger partial charge >= 0.3 is 0 Å². The molecule has 0 aliphatic carbocycles. The van der Waals surface area contributed by atoms with Crippen molar-refractivity contribution in [2.24, 2.45) is 5.92 Å². The topological polar surface area (TPSA) is 47.7 Å². The molecule has 0 aromatic heterocycles. The van der Waals surface area contributed by atoms with Gasteiger partial charge in [-0.25, -0.2) is 6.57 Å². The zero-order valence-electron chi connectivity index (χ0n) is 7.44. The molecule has 0 N–H and O–H groups in total. The molecule has 0 aromatic carbocycles. The van der Waals surface area contributed by atoms with Crippen molar-refractivity contribution in [2.45, 2.75) is 19.9 Å². The van der Waals surface area contributed by atoms with Crippen molar-refractivity contribution in [3.05, 3.63) is 11.4 Å². The average Bonchev–Trinajstić information content (AvgIpc) is 1.85. The summed E-state index contributed by atoms with van der Waals surface area (Å²) in [6.07, 6.45) is 0.980. The van der Waals surface area contributed by atoms with E-state index in [9.17, 15) is 8.42 Å². The summed E-state index contributed by atoms with van der Waals surface area (Å²) < 4.78 is 25.6. The summed E-state index contributed by atoms with van der Waals surface area (Å²) in [6.45, 7) is 10.4. The molecule has 5 heteroatoms. The third-order valence-corrected chi connectivity index (χ3v) is 1.95. The normalized spacial score (nSPS) is 14.2. The summed E-state index contributed by atoms with van der Waals surface area (Å²) in [5.41, 5.74) is 0. The van der Waals surface area contributed by atoms with Crippen molar-refractivity contribution in [3.8, 4) is 0 Å². The summed E-state index contributed by atoms with van der Waals surface area (Å²) >= 11 is 0. The molecule has 0 fully saturated rings. The Bertz CT molecular complexity index is 263. The lowest BCUT2D eigenvalue weighted by Crippen LogP contribution is -2.20. The van der Waals surface area contributed by atoms with E-state index in [2.05, 4.69) is 9.03 Å². The molecule has 0 aromatic rings. The first-order valence-corrected chi connectivity index (χ1v) is 5.39. The fourth-order valence-corrected chi connectivity index (χ4v) is 0.959. The summed E-state index contributed by atoms with van der Waals surface area (Å²) in [7, 11) is -3.41. The SMILES string of the molecule is [C-]#[N+][C@H](COS(C)(=O)=O)C(C)C. The molecule has 0 amide bonds. The second kappa shape index (κ2) is 4.43. The fourth-order valence-electron chi connectivity index (χ4n) is 0.572. The monoisotopic (exact) mass is 191 g/mol. The fraction of sp³-hybridized carbons (Fsp3) is 0.857. The first kappa shape index (κ1) is 11.4. The Morgan fingerprint density at radius 2 is 2.00 bits per heavy atom. The highest BCUT2D eigenvalue weighted by molar-refractivity contribution is 7.85. The Morgan fingerprint density at radius 1 is 1.50 bits per heavy atom. The Morgan fingerprint density at radius 3 is 2.25 bits per heavy atom. The van der Waals surface area contributed by atoms with Gasteiger partial charge in [0.15, 0.2) is 0 Å². The lowest BCUT2D eigenvalue weighted by molar-refractivity contribution is 0.285. The van der Waals surface area contributed by atoms with Crippen LogP contribution < -0.4 is 0 Å². The van der Waals surface area contributed by atoms with Crippen LogP contribution in [-0.4, -0.2) is 27.3 Å². The molecular formula is C7H13NO3S. The van der Waals surface area contributed by atoms with E-state index >= 15 is 0 Å². The van der Waals surface area contributed by atoms with Gasteiger partial charge in [-0.3, -0.25) is 4.18 Å². The van der Waals surface area contributed by atoms with E-state index in [0.717, 1.165) is 6.26 Å². The van der Waals surface area contributed by atoms with Crippen LogP contribution in [0, 0.1) is 12.5 Å². The molecule has 0 heterocycles. The molecule has 0 saturated heterocycles. The third-order valence-electron chi connectivity index (χ3n) is 1.39. The molecule has 0 saturated carbocycles. The maximum atomic E-state index is 10.5. The Balaban J connectivity index is 4.01. The third kappa shape index (κ3) is 5.10. The van der Waals surface area contributed by atoms with Gasteiger partial charge in [-0.05, 0) is 0 Å². The Hall–Kier alpha value is -0.600. The summed E-state index contributed by atoms with van der Waals surface area (Å²) in [5, 5.41) is 0. The second-order valence-corrected chi connectivity index (χ2v) is 4.57. The van der Waals surface area contributed by atoms with Crippen molar-refractivity contribution in [1.29, 1.82) is 0 Å². The van der Waals surface area contributed by atoms with Gasteiger partial charge in [0.05, 0.1) is 6.26 Å². The second-order valence-electron chi connectivity index (χ2n) is 2.93. The van der Waals surface area contributed by atoms with Gasteiger partial charge in [0.25, 0.3) is 10.1 Å². The number of rotatable bonds is 4. The zero-order valence-corrected chi connectivity index (χ0v) is 8.26. The van der Waals surface area contributed by atoms with Crippen molar-refractivity contribution < 1.29 is 12.6 Å². The minimum Gasteiger partial charge on any atom is -0.311 e. The molecule has 0 radical (unpaired) electrons. The van der Waals surface area contributed by atoms with Crippen molar-refractivity contribution >= 4 is 10.1 Å². The number of hydrogen-bond acceptors (Lipinski definition) is 3. The van der Waals surface area contributed by atoms with Crippen molar-refractivity contribution in [3.63, 3.8) is 0 Å². The molecule has 0 aliphatic rings. The highest BCUT2D eigenvalue weighted by atomic mass is 32.2. The molecule has 0 bridgehead atoms. The standard InChI is InChI=1S/C7H13NO3S/c1-6(2)7(8-3)5-11-12(4,9)10/h6-7H,5H2,1-2,4H3/t7-/m1/s1. The molecule has 0 rings (SSSR count). The predicted molar refractivity (Wildman–Crippen MR) is 46.0 cm³/mol. The molecular weight excluding hydrogens is 178 g/mol. The van der Waals surface area contributed by atoms with Crippen LogP contribution in [0.25, 0.3) is 4.85 Å². The van der Waals surface area contributed by atoms with Crippen LogP contribution in [0.5, 0.6) is 0 Å². The maximum absolute atomic E-state index is 10.5. The molecule has 4 nitrogen and oxygen atoms in total. The van der Waals surface area contributed by atoms with Crippen LogP contribution in [0.4, 0.5) is 0 Å². The van der Waals surface area contributed by atoms with E-state index in [1.54, 1.807) is 0 Å². The predicted octanol–water partition coefficient (Wildman–Crippen LogP) is 0.906. The van der Waals surface area contributed by atoms with E-state index in [1.807, 2.05) is 13.8 Å². The van der Waals surface area contributed by atoms with Gasteiger partial charge in [-0.15, -0.1) is 0 Å². The van der Waals surface area contributed by atoms with Gasteiger partial charge < -0.3 is 4.85 Å². The van der Waals surface area contributed by atoms with Gasteiger partial charge in [-0.1, -0.05) is 13.8 Å². The van der Waals surface area contributed by atoms with Crippen LogP contribution in [0.3, 0.4) is 0 Å². The summed E-state index contributed by atoms with van der Waals surface area (Å²) in [4.78, 5) is 3.25. The van der Waals surface area contributed by atoms with E-state index in [1.165, 1.54) is 0 Å². The maximum Gasteiger partial charge on any atom is 0.264 e. The zero-order chi connectivity index (χ0) is 9.78. The quantitative estimate of drug-likeness (QED) is 0.490. The lowest BCUT2D eigenvalue weighted by atomic mass is 10.1. The van der Waals surface area contributed by atoms with Gasteiger partial charge in [-0.2, -0.15) is 8.42 Å². The molecule has 0 spiro atoms. The van der Waals surface area contributed by atoms with Gasteiger partial charge in [0.2, 0.25) is 6.04 Å². The smallest absolute Gasteiger partial charge is 0.264 e. The average molecular weight is 191 g/mol. The summed E-state index contributed by atoms with van der Waals surface area (Å²) in [5.74, 6) is 0.115. The van der Waals surface area contributed by atoms with Crippen molar-refractivity contribution in [1.82, 2.24) is 0 Å². The Labute approximate surface area is 73.5 Å². The highest BCUT2D eigenvalue weighted by Crippen LogP contribution is 2.07. The van der Waals surface area contributed by atoms with Crippen LogP contribution in [0.15, 0.2) is 0 Å². The van der Waals surface area contributed by atoms with E-state index in [0.29, 0.717) is 0 Å². The largest absolute Gasteiger partial charge is 0.311 e. The van der Waals surface area contributed by atoms with Crippen LogP contribution >= 0.6 is 0 Å². The minimum atomic E-state index is -3.41. The molecule has 1 atom stereocenters. The van der Waals surface area contributed by atoms with Gasteiger partial charge in [0.1, 0.15) is 6.61 Å². The number of nitrogens with zero attached hydrogens (tertiary/aromatic N) is 1. The summed E-state index contributed by atoms with van der Waals surface area (Å²) in [6, 6.07) is -0.375. The van der Waals surface area contributed by atoms with Crippen LogP contribution in [0.2, 0.25) is 0 Å². The first-order valence-electron chi connectivity index (χ1n) is 3.58. The van der Waals surface area contributed by atoms with Crippen LogP contribution in [-0.2, 0) is 14.3 Å². The van der Waals surface area contributed by atoms with Crippen LogP contribution in [0.1, 0.15) is 13.8 Å². The van der Waals surface area contributed by atoms with E-state index in [4.69, 9.17) is 6.57 Å². The van der Waals surface area contributed by atoms with Crippen molar-refractivity contribution in [2.75, 3.05) is 12.9 Å². The Kier molecular flexibility index (Phi) is 4.21. The lowest BCUT2D eigenvalue weighted by Gasteiger charge is -2.07. The van der Waals surface area contributed by atoms with Gasteiger partial charge in [0, 0.05) is 5.92 Å². The highest BCUT2D eigenvalue weighted by Gasteiger charge is 2.19. The van der Waals surface area contributed by atoms with E-state index < -0.39 is 10.1 Å². The first-order chi connectivity index (χ1) is 5.37. The minimum absolute atomic E-state index is 0.0417. The molecule has 0 unspecified atom stereocenters. The molecule has 70 valence electrons. The number of hydrogen-bond donors (Lipinski definition) is 0.